The Kier molecular flexibility index (Phi) is 3.74. The second-order valence-electron chi connectivity index (χ2n) is 4.49. The Morgan fingerprint density at radius 3 is 2.38 bits per heavy atom. The van der Waals surface area contributed by atoms with Crippen molar-refractivity contribution in [1.82, 2.24) is 5.32 Å². The van der Waals surface area contributed by atoms with Gasteiger partial charge in [0, 0.05) is 12.6 Å². The topological polar surface area (TPSA) is 21.3 Å². The van der Waals surface area contributed by atoms with Gasteiger partial charge in [0.15, 0.2) is 0 Å². The Morgan fingerprint density at radius 1 is 1.46 bits per heavy atom. The van der Waals surface area contributed by atoms with Crippen molar-refractivity contribution < 1.29 is 4.74 Å². The fourth-order valence-electron chi connectivity index (χ4n) is 2.39. The lowest BCUT2D eigenvalue weighted by Crippen LogP contribution is -2.53. The van der Waals surface area contributed by atoms with Gasteiger partial charge in [-0.25, -0.2) is 0 Å². The van der Waals surface area contributed by atoms with Crippen LogP contribution >= 0.6 is 0 Å². The van der Waals surface area contributed by atoms with Crippen LogP contribution in [0.2, 0.25) is 0 Å². The molecule has 1 atom stereocenters. The third kappa shape index (κ3) is 2.44. The Balaban J connectivity index is 2.52. The van der Waals surface area contributed by atoms with Crippen LogP contribution in [-0.2, 0) is 4.74 Å². The zero-order valence-electron chi connectivity index (χ0n) is 9.39. The summed E-state index contributed by atoms with van der Waals surface area (Å²) in [7, 11) is 2.05. The van der Waals surface area contributed by atoms with Crippen LogP contribution < -0.4 is 5.32 Å². The SMILES string of the molecule is CCOC(C)(C)C(NC)C1CCC1. The molecule has 2 nitrogen and oxygen atoms in total. The van der Waals surface area contributed by atoms with E-state index in [-0.39, 0.29) is 5.60 Å². The molecule has 1 unspecified atom stereocenters. The standard InChI is InChI=1S/C11H23NO/c1-5-13-11(2,3)10(12-4)9-7-6-8-9/h9-10,12H,5-8H2,1-4H3. The molecule has 0 spiro atoms. The maximum absolute atomic E-state index is 5.78. The number of ether oxygens (including phenoxy) is 1. The smallest absolute Gasteiger partial charge is 0.0781 e. The highest BCUT2D eigenvalue weighted by Gasteiger charge is 2.37. The summed E-state index contributed by atoms with van der Waals surface area (Å²) >= 11 is 0. The van der Waals surface area contributed by atoms with E-state index in [0.717, 1.165) is 12.5 Å². The number of rotatable bonds is 5. The summed E-state index contributed by atoms with van der Waals surface area (Å²) in [6, 6.07) is 0.515. The van der Waals surface area contributed by atoms with Gasteiger partial charge < -0.3 is 10.1 Å². The molecule has 0 aromatic heterocycles. The fourth-order valence-corrected chi connectivity index (χ4v) is 2.39. The van der Waals surface area contributed by atoms with Crippen molar-refractivity contribution in [2.45, 2.75) is 51.7 Å². The molecule has 0 aromatic carbocycles. The summed E-state index contributed by atoms with van der Waals surface area (Å²) in [5, 5.41) is 3.40. The van der Waals surface area contributed by atoms with Crippen LogP contribution in [0.4, 0.5) is 0 Å². The van der Waals surface area contributed by atoms with Gasteiger partial charge in [0.2, 0.25) is 0 Å². The first kappa shape index (κ1) is 11.0. The van der Waals surface area contributed by atoms with Gasteiger partial charge in [0.1, 0.15) is 0 Å². The van der Waals surface area contributed by atoms with E-state index in [2.05, 4.69) is 26.1 Å². The number of hydrogen-bond acceptors (Lipinski definition) is 2. The lowest BCUT2D eigenvalue weighted by atomic mass is 9.74. The van der Waals surface area contributed by atoms with Crippen molar-refractivity contribution in [3.8, 4) is 0 Å². The summed E-state index contributed by atoms with van der Waals surface area (Å²) in [5.41, 5.74) is -0.0193. The lowest BCUT2D eigenvalue weighted by molar-refractivity contribution is -0.0607. The zero-order valence-corrected chi connectivity index (χ0v) is 9.39. The Morgan fingerprint density at radius 2 is 2.08 bits per heavy atom. The summed E-state index contributed by atoms with van der Waals surface area (Å²) in [6.45, 7) is 7.25. The third-order valence-electron chi connectivity index (χ3n) is 3.20. The Bertz CT molecular complexity index is 152. The number of hydrogen-bond donors (Lipinski definition) is 1. The average Bonchev–Trinajstić information content (AvgIpc) is 1.95. The monoisotopic (exact) mass is 185 g/mol. The Labute approximate surface area is 82.0 Å². The molecular weight excluding hydrogens is 162 g/mol. The van der Waals surface area contributed by atoms with E-state index >= 15 is 0 Å². The minimum absolute atomic E-state index is 0.0193. The van der Waals surface area contributed by atoms with E-state index < -0.39 is 0 Å². The Hall–Kier alpha value is -0.0800. The molecule has 0 saturated heterocycles. The van der Waals surface area contributed by atoms with Crippen LogP contribution in [-0.4, -0.2) is 25.3 Å². The van der Waals surface area contributed by atoms with Crippen LogP contribution in [0.1, 0.15) is 40.0 Å². The van der Waals surface area contributed by atoms with E-state index in [4.69, 9.17) is 4.74 Å². The minimum atomic E-state index is -0.0193. The van der Waals surface area contributed by atoms with E-state index in [0.29, 0.717) is 6.04 Å². The van der Waals surface area contributed by atoms with Gasteiger partial charge in [0.25, 0.3) is 0 Å². The van der Waals surface area contributed by atoms with Crippen molar-refractivity contribution in [1.29, 1.82) is 0 Å². The van der Waals surface area contributed by atoms with Gasteiger partial charge >= 0.3 is 0 Å². The maximum Gasteiger partial charge on any atom is 0.0781 e. The zero-order chi connectivity index (χ0) is 9.90. The highest BCUT2D eigenvalue weighted by molar-refractivity contribution is 4.93. The predicted molar refractivity (Wildman–Crippen MR) is 55.9 cm³/mol. The molecule has 1 aliphatic rings. The number of nitrogens with one attached hydrogen (secondary N) is 1. The summed E-state index contributed by atoms with van der Waals surface area (Å²) in [5.74, 6) is 0.826. The van der Waals surface area contributed by atoms with Crippen molar-refractivity contribution in [3.05, 3.63) is 0 Å². The molecule has 1 aliphatic carbocycles. The van der Waals surface area contributed by atoms with Gasteiger partial charge in [-0.3, -0.25) is 0 Å². The van der Waals surface area contributed by atoms with Crippen molar-refractivity contribution >= 4 is 0 Å². The highest BCUT2D eigenvalue weighted by Crippen LogP contribution is 2.35. The maximum atomic E-state index is 5.78. The third-order valence-corrected chi connectivity index (χ3v) is 3.20. The van der Waals surface area contributed by atoms with Gasteiger partial charge in [-0.1, -0.05) is 6.42 Å². The molecule has 0 bridgehead atoms. The molecule has 2 heteroatoms. The molecule has 1 N–H and O–H groups in total. The van der Waals surface area contributed by atoms with E-state index in [1.165, 1.54) is 19.3 Å². The summed E-state index contributed by atoms with van der Waals surface area (Å²) in [4.78, 5) is 0. The molecule has 1 rings (SSSR count). The van der Waals surface area contributed by atoms with E-state index in [1.54, 1.807) is 0 Å². The summed E-state index contributed by atoms with van der Waals surface area (Å²) < 4.78 is 5.78. The quantitative estimate of drug-likeness (QED) is 0.709. The van der Waals surface area contributed by atoms with Crippen LogP contribution in [0.15, 0.2) is 0 Å². The number of likely N-dealkylation sites (N-methyl/N-ethyl adjacent to an activating group) is 1. The molecule has 0 aliphatic heterocycles. The van der Waals surface area contributed by atoms with Crippen LogP contribution in [0.5, 0.6) is 0 Å². The average molecular weight is 185 g/mol. The first-order valence-corrected chi connectivity index (χ1v) is 5.43. The van der Waals surface area contributed by atoms with E-state index in [9.17, 15) is 0 Å². The largest absolute Gasteiger partial charge is 0.374 e. The lowest BCUT2D eigenvalue weighted by Gasteiger charge is -2.43. The molecule has 1 fully saturated rings. The van der Waals surface area contributed by atoms with Gasteiger partial charge in [-0.15, -0.1) is 0 Å². The van der Waals surface area contributed by atoms with Crippen LogP contribution in [0.25, 0.3) is 0 Å². The highest BCUT2D eigenvalue weighted by atomic mass is 16.5. The fraction of sp³-hybridized carbons (Fsp3) is 1.00. The molecule has 0 aromatic rings. The molecule has 1 saturated carbocycles. The van der Waals surface area contributed by atoms with Gasteiger partial charge in [-0.05, 0) is 46.6 Å². The van der Waals surface area contributed by atoms with Crippen molar-refractivity contribution in [2.75, 3.05) is 13.7 Å². The molecule has 13 heavy (non-hydrogen) atoms. The normalized spacial score (nSPS) is 21.2. The van der Waals surface area contributed by atoms with Gasteiger partial charge in [-0.2, -0.15) is 0 Å². The second kappa shape index (κ2) is 4.43. The predicted octanol–water partition coefficient (Wildman–Crippen LogP) is 2.19. The van der Waals surface area contributed by atoms with Crippen molar-refractivity contribution in [2.24, 2.45) is 5.92 Å². The van der Waals surface area contributed by atoms with Crippen molar-refractivity contribution in [3.63, 3.8) is 0 Å². The van der Waals surface area contributed by atoms with Crippen LogP contribution in [0, 0.1) is 5.92 Å². The molecule has 0 heterocycles. The van der Waals surface area contributed by atoms with Crippen LogP contribution in [0.3, 0.4) is 0 Å². The molecular formula is C11H23NO. The minimum Gasteiger partial charge on any atom is -0.374 e. The van der Waals surface area contributed by atoms with E-state index in [1.807, 2.05) is 7.05 Å². The second-order valence-corrected chi connectivity index (χ2v) is 4.49. The van der Waals surface area contributed by atoms with Gasteiger partial charge in [0.05, 0.1) is 5.60 Å². The first-order valence-electron chi connectivity index (χ1n) is 5.43. The first-order chi connectivity index (χ1) is 6.11. The molecule has 0 radical (unpaired) electrons. The molecule has 0 amide bonds. The molecule has 78 valence electrons. The summed E-state index contributed by atoms with van der Waals surface area (Å²) in [6.07, 6.45) is 4.12.